The van der Waals surface area contributed by atoms with Gasteiger partial charge >= 0.3 is 11.9 Å². The second-order valence-electron chi connectivity index (χ2n) is 19.3. The quantitative estimate of drug-likeness (QED) is 0.155. The monoisotopic (exact) mass is 659 g/mol. The fraction of sp³-hybridized carbons (Fsp3) is 0.953. The molecule has 3 rings (SSSR count). The molecule has 47 heavy (non-hydrogen) atoms. The molecule has 4 heteroatoms. The summed E-state index contributed by atoms with van der Waals surface area (Å²) in [6, 6.07) is 0. The van der Waals surface area contributed by atoms with Crippen LogP contribution in [0.4, 0.5) is 0 Å². The van der Waals surface area contributed by atoms with Crippen molar-refractivity contribution >= 4 is 11.9 Å². The number of hydrogen-bond acceptors (Lipinski definition) is 4. The normalized spacial score (nSPS) is 32.1. The van der Waals surface area contributed by atoms with E-state index in [1.807, 2.05) is 0 Å². The predicted octanol–water partition coefficient (Wildman–Crippen LogP) is 12.2. The van der Waals surface area contributed by atoms with Crippen LogP contribution in [0.15, 0.2) is 0 Å². The minimum atomic E-state index is -0.357. The SMILES string of the molecule is CCCC1CCC(COC(=O)C2CCC(C)CC2C(=O)OCC2CCC(CCC)CC2CCCC(C)(C)C)C(CCCC(C)(C)C)C1. The van der Waals surface area contributed by atoms with Gasteiger partial charge in [0.05, 0.1) is 25.0 Å². The van der Waals surface area contributed by atoms with Gasteiger partial charge in [-0.15, -0.1) is 0 Å². The van der Waals surface area contributed by atoms with Gasteiger partial charge in [-0.3, -0.25) is 9.59 Å². The fourth-order valence-electron chi connectivity index (χ4n) is 9.64. The summed E-state index contributed by atoms with van der Waals surface area (Å²) in [6.45, 7) is 21.9. The van der Waals surface area contributed by atoms with Crippen molar-refractivity contribution in [2.75, 3.05) is 13.2 Å². The van der Waals surface area contributed by atoms with Crippen LogP contribution in [-0.2, 0) is 19.1 Å². The highest BCUT2D eigenvalue weighted by molar-refractivity contribution is 5.82. The van der Waals surface area contributed by atoms with Crippen LogP contribution < -0.4 is 0 Å². The number of rotatable bonds is 16. The first kappa shape index (κ1) is 40.4. The van der Waals surface area contributed by atoms with Crippen molar-refractivity contribution in [3.05, 3.63) is 0 Å². The summed E-state index contributed by atoms with van der Waals surface area (Å²) in [5.41, 5.74) is 0.727. The molecule has 0 bridgehead atoms. The van der Waals surface area contributed by atoms with E-state index in [0.717, 1.165) is 31.1 Å². The molecule has 9 unspecified atom stereocenters. The molecule has 0 aromatic carbocycles. The molecular formula is C43H78O4. The predicted molar refractivity (Wildman–Crippen MR) is 197 cm³/mol. The Morgan fingerprint density at radius 3 is 1.43 bits per heavy atom. The highest BCUT2D eigenvalue weighted by atomic mass is 16.5. The molecule has 3 saturated carbocycles. The van der Waals surface area contributed by atoms with Gasteiger partial charge in [-0.05, 0) is 110 Å². The third kappa shape index (κ3) is 14.4. The minimum Gasteiger partial charge on any atom is -0.465 e. The van der Waals surface area contributed by atoms with Crippen molar-refractivity contribution < 1.29 is 19.1 Å². The number of ether oxygens (including phenoxy) is 2. The van der Waals surface area contributed by atoms with Gasteiger partial charge in [0.15, 0.2) is 0 Å². The molecule has 4 nitrogen and oxygen atoms in total. The Bertz CT molecular complexity index is 912. The van der Waals surface area contributed by atoms with Crippen LogP contribution in [0.25, 0.3) is 0 Å². The maximum absolute atomic E-state index is 13.7. The largest absolute Gasteiger partial charge is 0.465 e. The van der Waals surface area contributed by atoms with E-state index in [1.165, 1.54) is 103 Å². The zero-order valence-corrected chi connectivity index (χ0v) is 32.7. The van der Waals surface area contributed by atoms with Gasteiger partial charge in [0.25, 0.3) is 0 Å². The molecule has 9 atom stereocenters. The Labute approximate surface area is 292 Å². The minimum absolute atomic E-state index is 0.136. The number of esters is 2. The number of carbonyl (C=O) groups excluding carboxylic acids is 2. The van der Waals surface area contributed by atoms with E-state index >= 15 is 0 Å². The maximum atomic E-state index is 13.7. The maximum Gasteiger partial charge on any atom is 0.309 e. The molecule has 0 saturated heterocycles. The average Bonchev–Trinajstić information content (AvgIpc) is 2.99. The summed E-state index contributed by atoms with van der Waals surface area (Å²) >= 11 is 0. The van der Waals surface area contributed by atoms with Gasteiger partial charge in [-0.2, -0.15) is 0 Å². The summed E-state index contributed by atoms with van der Waals surface area (Å²) in [5.74, 6) is 3.31. The molecular weight excluding hydrogens is 580 g/mol. The summed E-state index contributed by atoms with van der Waals surface area (Å²) in [6.07, 6.45) is 22.6. The lowest BCUT2D eigenvalue weighted by Crippen LogP contribution is -2.39. The molecule has 0 amide bonds. The first-order chi connectivity index (χ1) is 22.2. The van der Waals surface area contributed by atoms with E-state index < -0.39 is 0 Å². The highest BCUT2D eigenvalue weighted by Gasteiger charge is 2.41. The molecule has 3 aliphatic carbocycles. The van der Waals surface area contributed by atoms with Gasteiger partial charge in [0.1, 0.15) is 0 Å². The molecule has 0 radical (unpaired) electrons. The zero-order chi connectivity index (χ0) is 34.6. The van der Waals surface area contributed by atoms with E-state index in [0.29, 0.717) is 53.6 Å². The second-order valence-corrected chi connectivity index (χ2v) is 19.3. The van der Waals surface area contributed by atoms with Crippen molar-refractivity contribution in [1.82, 2.24) is 0 Å². The molecule has 0 aromatic heterocycles. The highest BCUT2D eigenvalue weighted by Crippen LogP contribution is 2.42. The van der Waals surface area contributed by atoms with Crippen LogP contribution in [-0.4, -0.2) is 25.2 Å². The summed E-state index contributed by atoms with van der Waals surface area (Å²) in [4.78, 5) is 27.5. The van der Waals surface area contributed by atoms with Crippen molar-refractivity contribution in [2.45, 2.75) is 184 Å². The first-order valence-electron chi connectivity index (χ1n) is 20.5. The van der Waals surface area contributed by atoms with Crippen LogP contribution in [0.5, 0.6) is 0 Å². The van der Waals surface area contributed by atoms with Gasteiger partial charge < -0.3 is 9.47 Å². The molecule has 3 aliphatic rings. The van der Waals surface area contributed by atoms with Crippen LogP contribution in [0.2, 0.25) is 0 Å². The Kier molecular flexibility index (Phi) is 16.6. The lowest BCUT2D eigenvalue weighted by Gasteiger charge is -2.38. The lowest BCUT2D eigenvalue weighted by atomic mass is 9.70. The van der Waals surface area contributed by atoms with Crippen LogP contribution in [0, 0.1) is 64.1 Å². The molecule has 0 spiro atoms. The molecule has 0 heterocycles. The standard InChI is InChI=1S/C43H78O4/c1-10-14-32-19-21-36(34(27-32)16-12-24-42(4,5)6)29-46-40(44)38-23-18-31(3)26-39(38)41(45)47-30-37-22-20-33(15-11-2)28-35(37)17-13-25-43(7,8)9/h31-39H,10-30H2,1-9H3. The second kappa shape index (κ2) is 19.4. The first-order valence-corrected chi connectivity index (χ1v) is 20.5. The van der Waals surface area contributed by atoms with E-state index in [4.69, 9.17) is 9.47 Å². The van der Waals surface area contributed by atoms with Gasteiger partial charge in [-0.25, -0.2) is 0 Å². The van der Waals surface area contributed by atoms with Gasteiger partial charge in [0.2, 0.25) is 0 Å². The van der Waals surface area contributed by atoms with Crippen LogP contribution in [0.3, 0.4) is 0 Å². The number of carbonyl (C=O) groups is 2. The van der Waals surface area contributed by atoms with Crippen molar-refractivity contribution in [1.29, 1.82) is 0 Å². The third-order valence-corrected chi connectivity index (χ3v) is 12.5. The van der Waals surface area contributed by atoms with Crippen LogP contribution in [0.1, 0.15) is 184 Å². The van der Waals surface area contributed by atoms with Crippen molar-refractivity contribution in [2.24, 2.45) is 64.1 Å². The van der Waals surface area contributed by atoms with Crippen LogP contribution >= 0.6 is 0 Å². The summed E-state index contributed by atoms with van der Waals surface area (Å²) in [7, 11) is 0. The van der Waals surface area contributed by atoms with E-state index in [-0.39, 0.29) is 23.8 Å². The Balaban J connectivity index is 1.57. The molecule has 0 aliphatic heterocycles. The van der Waals surface area contributed by atoms with E-state index in [1.54, 1.807) is 0 Å². The fourth-order valence-corrected chi connectivity index (χ4v) is 9.64. The Hall–Kier alpha value is -1.06. The molecule has 3 fully saturated rings. The van der Waals surface area contributed by atoms with E-state index in [2.05, 4.69) is 62.3 Å². The number of hydrogen-bond donors (Lipinski definition) is 0. The molecule has 0 aromatic rings. The van der Waals surface area contributed by atoms with Crippen molar-refractivity contribution in [3.63, 3.8) is 0 Å². The van der Waals surface area contributed by atoms with Gasteiger partial charge in [-0.1, -0.05) is 127 Å². The van der Waals surface area contributed by atoms with Gasteiger partial charge in [0, 0.05) is 0 Å². The van der Waals surface area contributed by atoms with E-state index in [9.17, 15) is 9.59 Å². The van der Waals surface area contributed by atoms with Crippen molar-refractivity contribution in [3.8, 4) is 0 Å². The smallest absolute Gasteiger partial charge is 0.309 e. The zero-order valence-electron chi connectivity index (χ0n) is 32.7. The Morgan fingerprint density at radius 1 is 0.553 bits per heavy atom. The topological polar surface area (TPSA) is 52.6 Å². The average molecular weight is 659 g/mol. The summed E-state index contributed by atoms with van der Waals surface area (Å²) in [5, 5.41) is 0. The molecule has 274 valence electrons. The third-order valence-electron chi connectivity index (χ3n) is 12.5. The Morgan fingerprint density at radius 2 is 1.00 bits per heavy atom. The molecule has 0 N–H and O–H groups in total. The summed E-state index contributed by atoms with van der Waals surface area (Å²) < 4.78 is 12.4. The lowest BCUT2D eigenvalue weighted by molar-refractivity contribution is -0.166.